The van der Waals surface area contributed by atoms with E-state index >= 15 is 0 Å². The van der Waals surface area contributed by atoms with Crippen molar-refractivity contribution in [2.45, 2.75) is 0 Å². The summed E-state index contributed by atoms with van der Waals surface area (Å²) >= 11 is 0. The largest absolute Gasteiger partial charge is 0.503 e. The average molecular weight is 314 g/mol. The van der Waals surface area contributed by atoms with Crippen molar-refractivity contribution in [1.29, 1.82) is 0 Å². The minimum Gasteiger partial charge on any atom is -0.503 e. The zero-order chi connectivity index (χ0) is 16.4. The number of hydrogen-bond donors (Lipinski definition) is 2. The molecule has 0 bridgehead atoms. The molecule has 9 heteroatoms. The maximum absolute atomic E-state index is 13.4. The molecule has 0 aliphatic carbocycles. The first-order chi connectivity index (χ1) is 10.3. The lowest BCUT2D eigenvalue weighted by atomic mass is 10.2. The Balaban J connectivity index is 2.40. The molecule has 22 heavy (non-hydrogen) atoms. The number of carboxylic acid groups (broad SMARTS) is 1. The van der Waals surface area contributed by atoms with Crippen molar-refractivity contribution in [1.82, 2.24) is 0 Å². The number of aromatic hydroxyl groups is 1. The summed E-state index contributed by atoms with van der Waals surface area (Å²) in [5, 5.41) is 23.9. The van der Waals surface area contributed by atoms with Crippen LogP contribution >= 0.6 is 0 Å². The molecule has 0 radical (unpaired) electrons. The number of hydrogen-bond acceptors (Lipinski definition) is 4. The predicted octanol–water partition coefficient (Wildman–Crippen LogP) is 4.06. The van der Waals surface area contributed by atoms with E-state index in [0.29, 0.717) is 0 Å². The van der Waals surface area contributed by atoms with Crippen LogP contribution < -0.4 is 0 Å². The van der Waals surface area contributed by atoms with E-state index in [-0.39, 0.29) is 11.3 Å². The maximum Gasteiger partial charge on any atom is 0.335 e. The first-order valence-electron chi connectivity index (χ1n) is 5.63. The second kappa shape index (κ2) is 5.80. The number of azo groups is 1. The quantitative estimate of drug-likeness (QED) is 0.509. The fourth-order valence-electron chi connectivity index (χ4n) is 1.47. The van der Waals surface area contributed by atoms with E-state index in [9.17, 15) is 22.4 Å². The first-order valence-corrected chi connectivity index (χ1v) is 5.63. The SMILES string of the molecule is O=C(O)c1ccc(N=Nc2c(F)c(F)c(O)c(F)c2F)cc1. The molecule has 2 rings (SSSR count). The van der Waals surface area contributed by atoms with Crippen molar-refractivity contribution in [2.75, 3.05) is 0 Å². The first kappa shape index (κ1) is 15.4. The van der Waals surface area contributed by atoms with E-state index in [4.69, 9.17) is 10.2 Å². The van der Waals surface area contributed by atoms with Gasteiger partial charge in [-0.2, -0.15) is 13.9 Å². The molecule has 0 aliphatic heterocycles. The number of benzene rings is 2. The lowest BCUT2D eigenvalue weighted by Crippen LogP contribution is -1.95. The zero-order valence-electron chi connectivity index (χ0n) is 10.5. The molecule has 2 aromatic rings. The summed E-state index contributed by atoms with van der Waals surface area (Å²) < 4.78 is 53.0. The summed E-state index contributed by atoms with van der Waals surface area (Å²) in [4.78, 5) is 10.6. The third-order valence-electron chi connectivity index (χ3n) is 2.60. The molecule has 0 unspecified atom stereocenters. The number of phenols is 1. The Morgan fingerprint density at radius 1 is 0.864 bits per heavy atom. The van der Waals surface area contributed by atoms with E-state index in [0.717, 1.165) is 12.1 Å². The monoisotopic (exact) mass is 314 g/mol. The van der Waals surface area contributed by atoms with Crippen LogP contribution in [0.1, 0.15) is 10.4 Å². The molecule has 114 valence electrons. The minimum atomic E-state index is -1.99. The maximum atomic E-state index is 13.4. The van der Waals surface area contributed by atoms with E-state index in [1.165, 1.54) is 12.1 Å². The molecule has 0 amide bonds. The summed E-state index contributed by atoms with van der Waals surface area (Å²) in [5.41, 5.74) is -1.41. The van der Waals surface area contributed by atoms with Crippen LogP contribution in [0.5, 0.6) is 5.75 Å². The summed E-state index contributed by atoms with van der Waals surface area (Å²) in [6, 6.07) is 4.66. The van der Waals surface area contributed by atoms with Crippen LogP contribution in [0.25, 0.3) is 0 Å². The molecular formula is C13H6F4N2O3. The standard InChI is InChI=1S/C13H6F4N2O3/c14-7-9(16)12(20)10(17)8(15)11(7)19-18-6-3-1-5(2-4-6)13(21)22/h1-4,20H,(H,21,22). The van der Waals surface area contributed by atoms with E-state index < -0.39 is 40.7 Å². The number of halogens is 4. The highest BCUT2D eigenvalue weighted by Gasteiger charge is 2.25. The smallest absolute Gasteiger partial charge is 0.335 e. The second-order valence-electron chi connectivity index (χ2n) is 4.01. The van der Waals surface area contributed by atoms with E-state index in [1.807, 2.05) is 0 Å². The van der Waals surface area contributed by atoms with Crippen LogP contribution in [-0.2, 0) is 0 Å². The Bertz CT molecular complexity index is 747. The number of carbonyl (C=O) groups is 1. The van der Waals surface area contributed by atoms with Gasteiger partial charge in [-0.25, -0.2) is 13.6 Å². The van der Waals surface area contributed by atoms with Crippen LogP contribution in [0.2, 0.25) is 0 Å². The molecule has 0 heterocycles. The molecule has 2 aromatic carbocycles. The lowest BCUT2D eigenvalue weighted by molar-refractivity contribution is 0.0697. The van der Waals surface area contributed by atoms with Gasteiger partial charge in [0, 0.05) is 0 Å². The second-order valence-corrected chi connectivity index (χ2v) is 4.01. The zero-order valence-corrected chi connectivity index (χ0v) is 10.5. The Hall–Kier alpha value is -2.97. The summed E-state index contributed by atoms with van der Waals surface area (Å²) in [7, 11) is 0. The van der Waals surface area contributed by atoms with Gasteiger partial charge in [0.2, 0.25) is 11.6 Å². The molecule has 0 fully saturated rings. The van der Waals surface area contributed by atoms with Gasteiger partial charge in [0.05, 0.1) is 11.3 Å². The Morgan fingerprint density at radius 2 is 1.36 bits per heavy atom. The van der Waals surface area contributed by atoms with Crippen LogP contribution in [0.4, 0.5) is 28.9 Å². The number of phenolic OH excluding ortho intramolecular Hbond substituents is 1. The number of aromatic carboxylic acids is 1. The van der Waals surface area contributed by atoms with Crippen molar-refractivity contribution in [2.24, 2.45) is 10.2 Å². The van der Waals surface area contributed by atoms with E-state index in [1.54, 1.807) is 0 Å². The summed E-state index contributed by atoms with van der Waals surface area (Å²) in [6.45, 7) is 0. The third kappa shape index (κ3) is 2.73. The molecule has 0 aliphatic rings. The molecule has 2 N–H and O–H groups in total. The lowest BCUT2D eigenvalue weighted by Gasteiger charge is -2.03. The van der Waals surface area contributed by atoms with Gasteiger partial charge >= 0.3 is 5.97 Å². The topological polar surface area (TPSA) is 82.2 Å². The highest BCUT2D eigenvalue weighted by atomic mass is 19.2. The highest BCUT2D eigenvalue weighted by molar-refractivity contribution is 5.87. The average Bonchev–Trinajstić information content (AvgIpc) is 2.51. The minimum absolute atomic E-state index is 0.00214. The molecule has 0 saturated heterocycles. The predicted molar refractivity (Wildman–Crippen MR) is 65.5 cm³/mol. The normalized spacial score (nSPS) is 11.1. The molecule has 0 atom stereocenters. The fourth-order valence-corrected chi connectivity index (χ4v) is 1.47. The van der Waals surface area contributed by atoms with Crippen molar-refractivity contribution < 1.29 is 32.6 Å². The van der Waals surface area contributed by atoms with Crippen molar-refractivity contribution in [3.05, 3.63) is 53.1 Å². The fraction of sp³-hybridized carbons (Fsp3) is 0. The molecule has 0 spiro atoms. The van der Waals surface area contributed by atoms with Gasteiger partial charge in [-0.15, -0.1) is 5.11 Å². The Morgan fingerprint density at radius 3 is 1.82 bits per heavy atom. The van der Waals surface area contributed by atoms with E-state index in [2.05, 4.69) is 10.2 Å². The molecule has 5 nitrogen and oxygen atoms in total. The van der Waals surface area contributed by atoms with Crippen molar-refractivity contribution >= 4 is 17.3 Å². The van der Waals surface area contributed by atoms with Crippen molar-refractivity contribution in [3.8, 4) is 5.75 Å². The number of rotatable bonds is 3. The molecule has 0 saturated carbocycles. The van der Waals surface area contributed by atoms with Gasteiger partial charge in [-0.3, -0.25) is 0 Å². The highest BCUT2D eigenvalue weighted by Crippen LogP contribution is 2.34. The summed E-state index contributed by atoms with van der Waals surface area (Å²) in [6.07, 6.45) is 0. The van der Waals surface area contributed by atoms with Gasteiger partial charge < -0.3 is 10.2 Å². The molecular weight excluding hydrogens is 308 g/mol. The third-order valence-corrected chi connectivity index (χ3v) is 2.60. The number of carboxylic acids is 1. The van der Waals surface area contributed by atoms with Gasteiger partial charge in [0.25, 0.3) is 0 Å². The van der Waals surface area contributed by atoms with Crippen LogP contribution in [0, 0.1) is 23.3 Å². The molecule has 0 aromatic heterocycles. The van der Waals surface area contributed by atoms with Crippen LogP contribution in [-0.4, -0.2) is 16.2 Å². The Kier molecular flexibility index (Phi) is 4.06. The van der Waals surface area contributed by atoms with Crippen LogP contribution in [0.3, 0.4) is 0 Å². The van der Waals surface area contributed by atoms with Gasteiger partial charge in [-0.1, -0.05) is 0 Å². The van der Waals surface area contributed by atoms with Crippen molar-refractivity contribution in [3.63, 3.8) is 0 Å². The summed E-state index contributed by atoms with van der Waals surface area (Å²) in [5.74, 6) is -10.8. The Labute approximate surface area is 120 Å². The number of nitrogens with zero attached hydrogens (tertiary/aromatic N) is 2. The van der Waals surface area contributed by atoms with Gasteiger partial charge in [-0.05, 0) is 24.3 Å². The van der Waals surface area contributed by atoms with Crippen LogP contribution in [0.15, 0.2) is 34.5 Å². The van der Waals surface area contributed by atoms with Gasteiger partial charge in [0.1, 0.15) is 0 Å². The van der Waals surface area contributed by atoms with Gasteiger partial charge in [0.15, 0.2) is 23.1 Å².